The lowest BCUT2D eigenvalue weighted by molar-refractivity contribution is 0.315. The van der Waals surface area contributed by atoms with E-state index in [1.165, 1.54) is 15.2 Å². The highest BCUT2D eigenvalue weighted by Crippen LogP contribution is 2.28. The Labute approximate surface area is 176 Å². The molecule has 0 radical (unpaired) electrons. The molecule has 2 aromatic heterocycles. The van der Waals surface area contributed by atoms with E-state index in [0.29, 0.717) is 53.0 Å². The smallest absolute Gasteiger partial charge is 0.281 e. The van der Waals surface area contributed by atoms with Crippen molar-refractivity contribution in [2.45, 2.75) is 25.3 Å². The van der Waals surface area contributed by atoms with Crippen molar-refractivity contribution < 1.29 is 8.42 Å². The Kier molecular flexibility index (Phi) is 5.36. The first-order chi connectivity index (χ1) is 13.7. The summed E-state index contributed by atoms with van der Waals surface area (Å²) >= 11 is 12.5. The lowest BCUT2D eigenvalue weighted by atomic mass is 9.97. The average Bonchev–Trinajstić information content (AvgIpc) is 3.08. The molecule has 0 spiro atoms. The van der Waals surface area contributed by atoms with Gasteiger partial charge in [0.25, 0.3) is 5.56 Å². The van der Waals surface area contributed by atoms with E-state index in [1.807, 2.05) is 0 Å². The standard InChI is InChI=1S/C17H18Cl2N6O3S/c1-29(27,28)24-7-5-10(6-8-24)15-20-16-14(17(26)21-15)22-23-25(16)9-11-12(18)3-2-4-13(11)19/h2-4,10H,5-9H2,1H3,(H,20,21,26). The van der Waals surface area contributed by atoms with Gasteiger partial charge in [-0.1, -0.05) is 34.5 Å². The first-order valence-corrected chi connectivity index (χ1v) is 11.6. The largest absolute Gasteiger partial charge is 0.308 e. The number of nitrogens with zero attached hydrogens (tertiary/aromatic N) is 5. The molecule has 3 heterocycles. The molecule has 0 amide bonds. The van der Waals surface area contributed by atoms with E-state index in [0.717, 1.165) is 0 Å². The van der Waals surface area contributed by atoms with Gasteiger partial charge in [0.05, 0.1) is 12.8 Å². The van der Waals surface area contributed by atoms with Crippen LogP contribution in [-0.4, -0.2) is 57.0 Å². The molecule has 154 valence electrons. The van der Waals surface area contributed by atoms with Crippen molar-refractivity contribution in [1.29, 1.82) is 0 Å². The van der Waals surface area contributed by atoms with Gasteiger partial charge >= 0.3 is 0 Å². The fraction of sp³-hybridized carbons (Fsp3) is 0.412. The molecule has 9 nitrogen and oxygen atoms in total. The maximum absolute atomic E-state index is 12.5. The highest BCUT2D eigenvalue weighted by Gasteiger charge is 2.28. The monoisotopic (exact) mass is 456 g/mol. The molecular weight excluding hydrogens is 439 g/mol. The van der Waals surface area contributed by atoms with Crippen molar-refractivity contribution in [2.75, 3.05) is 19.3 Å². The second-order valence-corrected chi connectivity index (χ2v) is 9.80. The van der Waals surface area contributed by atoms with Gasteiger partial charge in [0.1, 0.15) is 5.82 Å². The third-order valence-electron chi connectivity index (χ3n) is 5.07. The summed E-state index contributed by atoms with van der Waals surface area (Å²) < 4.78 is 26.3. The van der Waals surface area contributed by atoms with Crippen LogP contribution in [-0.2, 0) is 16.6 Å². The quantitative estimate of drug-likeness (QED) is 0.641. The number of H-pyrrole nitrogens is 1. The van der Waals surface area contributed by atoms with E-state index in [9.17, 15) is 13.2 Å². The number of aromatic nitrogens is 5. The molecule has 1 fully saturated rings. The van der Waals surface area contributed by atoms with Crippen LogP contribution in [0.5, 0.6) is 0 Å². The highest BCUT2D eigenvalue weighted by molar-refractivity contribution is 7.88. The third-order valence-corrected chi connectivity index (χ3v) is 7.08. The van der Waals surface area contributed by atoms with Gasteiger partial charge in [-0.05, 0) is 25.0 Å². The molecule has 1 N–H and O–H groups in total. The number of nitrogens with one attached hydrogen (secondary N) is 1. The fourth-order valence-corrected chi connectivity index (χ4v) is 4.87. The summed E-state index contributed by atoms with van der Waals surface area (Å²) in [7, 11) is -3.22. The minimum atomic E-state index is -3.22. The predicted molar refractivity (Wildman–Crippen MR) is 110 cm³/mol. The molecule has 1 saturated heterocycles. The summed E-state index contributed by atoms with van der Waals surface area (Å²) in [5, 5.41) is 8.95. The van der Waals surface area contributed by atoms with E-state index in [2.05, 4.69) is 20.3 Å². The molecule has 0 saturated carbocycles. The molecule has 0 unspecified atom stereocenters. The maximum Gasteiger partial charge on any atom is 0.281 e. The molecular formula is C17H18Cl2N6O3S. The zero-order chi connectivity index (χ0) is 20.8. The number of aromatic amines is 1. The summed E-state index contributed by atoms with van der Waals surface area (Å²) in [6.07, 6.45) is 2.34. The summed E-state index contributed by atoms with van der Waals surface area (Å²) in [4.78, 5) is 19.9. The summed E-state index contributed by atoms with van der Waals surface area (Å²) in [5.41, 5.74) is 0.746. The van der Waals surface area contributed by atoms with E-state index in [4.69, 9.17) is 23.2 Å². The van der Waals surface area contributed by atoms with Gasteiger partial charge in [-0.2, -0.15) is 0 Å². The number of hydrogen-bond acceptors (Lipinski definition) is 6. The average molecular weight is 457 g/mol. The zero-order valence-electron chi connectivity index (χ0n) is 15.5. The van der Waals surface area contributed by atoms with Crippen LogP contribution in [0.4, 0.5) is 0 Å². The minimum Gasteiger partial charge on any atom is -0.308 e. The van der Waals surface area contributed by atoms with Crippen LogP contribution in [0.2, 0.25) is 10.0 Å². The van der Waals surface area contributed by atoms with Gasteiger partial charge in [-0.25, -0.2) is 22.4 Å². The van der Waals surface area contributed by atoms with Crippen LogP contribution in [0.25, 0.3) is 11.2 Å². The Morgan fingerprint density at radius 3 is 2.48 bits per heavy atom. The Hall–Kier alpha value is -2.01. The number of fused-ring (bicyclic) bond motifs is 1. The number of rotatable bonds is 4. The number of sulfonamides is 1. The van der Waals surface area contributed by atoms with Crippen molar-refractivity contribution in [2.24, 2.45) is 0 Å². The van der Waals surface area contributed by atoms with Crippen LogP contribution in [0.1, 0.15) is 30.1 Å². The summed E-state index contributed by atoms with van der Waals surface area (Å²) in [6.45, 7) is 0.993. The van der Waals surface area contributed by atoms with E-state index < -0.39 is 10.0 Å². The summed E-state index contributed by atoms with van der Waals surface area (Å²) in [5.74, 6) is 0.446. The molecule has 4 rings (SSSR count). The van der Waals surface area contributed by atoms with Crippen molar-refractivity contribution in [3.05, 3.63) is 50.0 Å². The molecule has 0 aliphatic carbocycles. The molecule has 1 aliphatic heterocycles. The minimum absolute atomic E-state index is 0.0580. The van der Waals surface area contributed by atoms with Gasteiger partial charge in [0.2, 0.25) is 10.0 Å². The van der Waals surface area contributed by atoms with Crippen LogP contribution in [0, 0.1) is 0 Å². The van der Waals surface area contributed by atoms with Gasteiger partial charge in [0.15, 0.2) is 11.2 Å². The second-order valence-electron chi connectivity index (χ2n) is 7.01. The molecule has 0 atom stereocenters. The molecule has 0 bridgehead atoms. The van der Waals surface area contributed by atoms with Crippen molar-refractivity contribution >= 4 is 44.4 Å². The third kappa shape index (κ3) is 4.02. The molecule has 29 heavy (non-hydrogen) atoms. The lowest BCUT2D eigenvalue weighted by Crippen LogP contribution is -2.37. The first kappa shape index (κ1) is 20.3. The zero-order valence-corrected chi connectivity index (χ0v) is 17.8. The lowest BCUT2D eigenvalue weighted by Gasteiger charge is -2.29. The van der Waals surface area contributed by atoms with Crippen molar-refractivity contribution in [1.82, 2.24) is 29.3 Å². The van der Waals surface area contributed by atoms with Crippen molar-refractivity contribution in [3.8, 4) is 0 Å². The van der Waals surface area contributed by atoms with Gasteiger partial charge in [-0.15, -0.1) is 5.10 Å². The van der Waals surface area contributed by atoms with Gasteiger partial charge in [-0.3, -0.25) is 4.79 Å². The Morgan fingerprint density at radius 1 is 1.21 bits per heavy atom. The van der Waals surface area contributed by atoms with E-state index in [1.54, 1.807) is 18.2 Å². The number of halogens is 2. The predicted octanol–water partition coefficient (Wildman–Crippen LogP) is 2.01. The first-order valence-electron chi connectivity index (χ1n) is 8.95. The number of piperidine rings is 1. The maximum atomic E-state index is 12.5. The highest BCUT2D eigenvalue weighted by atomic mass is 35.5. The van der Waals surface area contributed by atoms with Crippen LogP contribution in [0.3, 0.4) is 0 Å². The topological polar surface area (TPSA) is 114 Å². The van der Waals surface area contributed by atoms with Crippen LogP contribution in [0.15, 0.2) is 23.0 Å². The van der Waals surface area contributed by atoms with E-state index >= 15 is 0 Å². The van der Waals surface area contributed by atoms with Crippen LogP contribution >= 0.6 is 23.2 Å². The Morgan fingerprint density at radius 2 is 1.86 bits per heavy atom. The molecule has 12 heteroatoms. The van der Waals surface area contributed by atoms with Crippen LogP contribution < -0.4 is 5.56 Å². The Bertz CT molecular complexity index is 1210. The fourth-order valence-electron chi connectivity index (χ4n) is 3.48. The molecule has 1 aliphatic rings. The normalized spacial score (nSPS) is 16.5. The summed E-state index contributed by atoms with van der Waals surface area (Å²) in [6, 6.07) is 5.20. The van der Waals surface area contributed by atoms with Crippen molar-refractivity contribution in [3.63, 3.8) is 0 Å². The Balaban J connectivity index is 1.67. The SMILES string of the molecule is CS(=O)(=O)N1CCC(c2nc3c(nnn3Cc3c(Cl)cccc3Cl)c(=O)[nH]2)CC1. The van der Waals surface area contributed by atoms with Gasteiger partial charge in [0, 0.05) is 34.6 Å². The second kappa shape index (κ2) is 7.67. The van der Waals surface area contributed by atoms with Gasteiger partial charge < -0.3 is 4.98 Å². The van der Waals surface area contributed by atoms with E-state index in [-0.39, 0.29) is 23.5 Å². The number of benzene rings is 1. The molecule has 1 aromatic carbocycles. The number of hydrogen-bond donors (Lipinski definition) is 1. The molecule has 3 aromatic rings.